The van der Waals surface area contributed by atoms with Gasteiger partial charge in [0.15, 0.2) is 5.78 Å². The van der Waals surface area contributed by atoms with Gasteiger partial charge in [-0.25, -0.2) is 0 Å². The molecule has 2 aromatic rings. The van der Waals surface area contributed by atoms with Gasteiger partial charge in [-0.1, -0.05) is 0 Å². The van der Waals surface area contributed by atoms with E-state index in [-0.39, 0.29) is 5.78 Å². The number of ketones is 1. The van der Waals surface area contributed by atoms with Gasteiger partial charge in [-0.2, -0.15) is 0 Å². The predicted molar refractivity (Wildman–Crippen MR) is 93.1 cm³/mol. The van der Waals surface area contributed by atoms with Crippen molar-refractivity contribution in [3.8, 4) is 0 Å². The van der Waals surface area contributed by atoms with Crippen LogP contribution in [0.3, 0.4) is 0 Å². The molecule has 0 saturated carbocycles. The van der Waals surface area contributed by atoms with Gasteiger partial charge in [0, 0.05) is 24.7 Å². The monoisotopic (exact) mass is 376 g/mol. The summed E-state index contributed by atoms with van der Waals surface area (Å²) in [5.74, 6) is 1.53. The Labute approximate surface area is 143 Å². The first-order chi connectivity index (χ1) is 11.1. The molecule has 0 bridgehead atoms. The topological polar surface area (TPSA) is 55.0 Å². The minimum atomic E-state index is 0.0469. The zero-order chi connectivity index (χ0) is 16.2. The van der Waals surface area contributed by atoms with Gasteiger partial charge in [-0.05, 0) is 47.1 Å². The van der Waals surface area contributed by atoms with Gasteiger partial charge in [0.05, 0.1) is 29.6 Å². The number of hydrogen-bond acceptors (Lipinski definition) is 5. The van der Waals surface area contributed by atoms with Gasteiger partial charge in [-0.3, -0.25) is 9.79 Å². The molecule has 0 N–H and O–H groups in total. The highest BCUT2D eigenvalue weighted by atomic mass is 79.9. The summed E-state index contributed by atoms with van der Waals surface area (Å²) >= 11 is 3.53. The van der Waals surface area contributed by atoms with Crippen LogP contribution in [0.2, 0.25) is 0 Å². The summed E-state index contributed by atoms with van der Waals surface area (Å²) in [5, 5.41) is 0. The third kappa shape index (κ3) is 3.89. The molecular weight excluding hydrogens is 360 g/mol. The number of ether oxygens (including phenoxy) is 1. The fourth-order valence-electron chi connectivity index (χ4n) is 2.34. The number of aliphatic imine (C=N–C) groups is 1. The van der Waals surface area contributed by atoms with Gasteiger partial charge < -0.3 is 14.1 Å². The molecule has 0 spiro atoms. The van der Waals surface area contributed by atoms with Crippen LogP contribution in [0.25, 0.3) is 0 Å². The highest BCUT2D eigenvalue weighted by molar-refractivity contribution is 9.10. The molecule has 23 heavy (non-hydrogen) atoms. The minimum absolute atomic E-state index is 0.0469. The largest absolute Gasteiger partial charge is 0.438 e. The molecule has 0 amide bonds. The second-order valence-electron chi connectivity index (χ2n) is 5.26. The summed E-state index contributed by atoms with van der Waals surface area (Å²) in [4.78, 5) is 17.8. The lowest BCUT2D eigenvalue weighted by Crippen LogP contribution is -2.36. The van der Waals surface area contributed by atoms with Crippen LogP contribution < -0.4 is 4.90 Å². The number of Topliss-reactive ketones (excluding diaryl/α,β-unsaturated/α-hetero) is 1. The minimum Gasteiger partial charge on any atom is -0.438 e. The molecule has 1 aliphatic rings. The Bertz CT molecular complexity index is 716. The second kappa shape index (κ2) is 7.10. The summed E-state index contributed by atoms with van der Waals surface area (Å²) < 4.78 is 12.1. The number of hydrogen-bond donors (Lipinski definition) is 0. The van der Waals surface area contributed by atoms with E-state index >= 15 is 0 Å². The maximum Gasteiger partial charge on any atom is 0.210 e. The molecule has 5 nitrogen and oxygen atoms in total. The molecule has 3 rings (SSSR count). The maximum absolute atomic E-state index is 11.3. The Morgan fingerprint density at radius 1 is 1.26 bits per heavy atom. The Morgan fingerprint density at radius 3 is 2.61 bits per heavy atom. The van der Waals surface area contributed by atoms with Crippen molar-refractivity contribution in [2.45, 2.75) is 6.92 Å². The fourth-order valence-corrected chi connectivity index (χ4v) is 2.90. The molecule has 1 saturated heterocycles. The second-order valence-corrected chi connectivity index (χ2v) is 6.12. The summed E-state index contributed by atoms with van der Waals surface area (Å²) in [5.41, 5.74) is 1.45. The van der Waals surface area contributed by atoms with Crippen molar-refractivity contribution < 1.29 is 13.9 Å². The normalized spacial score (nSPS) is 15.3. The molecule has 0 unspecified atom stereocenters. The van der Waals surface area contributed by atoms with E-state index in [1.807, 2.05) is 18.2 Å². The van der Waals surface area contributed by atoms with E-state index in [1.165, 1.54) is 0 Å². The van der Waals surface area contributed by atoms with Crippen LogP contribution in [-0.4, -0.2) is 38.3 Å². The number of carbonyl (C=O) groups is 1. The Hall–Kier alpha value is -1.92. The number of nitrogens with zero attached hydrogens (tertiary/aromatic N) is 2. The average molecular weight is 377 g/mol. The molecular formula is C17H17BrN2O3. The molecule has 1 aliphatic heterocycles. The van der Waals surface area contributed by atoms with Crippen LogP contribution in [0.1, 0.15) is 23.0 Å². The van der Waals surface area contributed by atoms with Crippen molar-refractivity contribution in [1.82, 2.24) is 0 Å². The molecule has 120 valence electrons. The summed E-state index contributed by atoms with van der Waals surface area (Å²) in [6.07, 6.45) is 1.68. The number of halogens is 1. The smallest absolute Gasteiger partial charge is 0.210 e. The number of anilines is 1. The van der Waals surface area contributed by atoms with E-state index in [9.17, 15) is 4.79 Å². The van der Waals surface area contributed by atoms with Gasteiger partial charge >= 0.3 is 0 Å². The first-order valence-corrected chi connectivity index (χ1v) is 8.20. The number of furan rings is 1. The zero-order valence-electron chi connectivity index (χ0n) is 12.8. The number of carbonyl (C=O) groups excluding carboxylic acids is 1. The molecule has 0 aliphatic carbocycles. The predicted octanol–water partition coefficient (Wildman–Crippen LogP) is 3.83. The maximum atomic E-state index is 11.3. The van der Waals surface area contributed by atoms with Crippen LogP contribution in [0, 0.1) is 0 Å². The Kier molecular flexibility index (Phi) is 4.93. The third-order valence-electron chi connectivity index (χ3n) is 3.60. The van der Waals surface area contributed by atoms with Crippen LogP contribution in [0.15, 0.2) is 44.2 Å². The molecule has 6 heteroatoms. The van der Waals surface area contributed by atoms with E-state index < -0.39 is 0 Å². The van der Waals surface area contributed by atoms with Crippen molar-refractivity contribution >= 4 is 39.5 Å². The fraction of sp³-hybridized carbons (Fsp3) is 0.294. The molecule has 1 aromatic carbocycles. The van der Waals surface area contributed by atoms with Crippen molar-refractivity contribution in [3.63, 3.8) is 0 Å². The quantitative estimate of drug-likeness (QED) is 0.600. The van der Waals surface area contributed by atoms with Crippen LogP contribution in [0.4, 0.5) is 11.6 Å². The summed E-state index contributed by atoms with van der Waals surface area (Å²) in [7, 11) is 0. The van der Waals surface area contributed by atoms with E-state index in [4.69, 9.17) is 9.15 Å². The van der Waals surface area contributed by atoms with Crippen molar-refractivity contribution in [3.05, 3.63) is 46.1 Å². The zero-order valence-corrected chi connectivity index (χ0v) is 14.4. The average Bonchev–Trinajstić information content (AvgIpc) is 2.95. The van der Waals surface area contributed by atoms with Gasteiger partial charge in [0.1, 0.15) is 5.76 Å². The number of benzene rings is 1. The lowest BCUT2D eigenvalue weighted by Gasteiger charge is -2.26. The number of morpholine rings is 1. The lowest BCUT2D eigenvalue weighted by atomic mass is 10.1. The van der Waals surface area contributed by atoms with E-state index in [2.05, 4.69) is 25.8 Å². The van der Waals surface area contributed by atoms with Gasteiger partial charge in [-0.15, -0.1) is 0 Å². The molecule has 0 radical (unpaired) electrons. The van der Waals surface area contributed by atoms with E-state index in [0.717, 1.165) is 29.1 Å². The lowest BCUT2D eigenvalue weighted by molar-refractivity contribution is 0.101. The SMILES string of the molecule is CC(=O)c1ccc(N=Cc2cc(Br)c(N3CCOCC3)o2)cc1. The van der Waals surface area contributed by atoms with Crippen LogP contribution in [0.5, 0.6) is 0 Å². The standard InChI is InChI=1S/C17H17BrN2O3/c1-12(21)13-2-4-14(5-3-13)19-11-15-10-16(18)17(23-15)20-6-8-22-9-7-20/h2-5,10-11H,6-9H2,1H3. The highest BCUT2D eigenvalue weighted by Crippen LogP contribution is 2.30. The van der Waals surface area contributed by atoms with Crippen molar-refractivity contribution in [2.24, 2.45) is 4.99 Å². The Morgan fingerprint density at radius 2 is 1.96 bits per heavy atom. The van der Waals surface area contributed by atoms with Gasteiger partial charge in [0.25, 0.3) is 0 Å². The third-order valence-corrected chi connectivity index (χ3v) is 4.17. The van der Waals surface area contributed by atoms with E-state index in [0.29, 0.717) is 24.5 Å². The van der Waals surface area contributed by atoms with Gasteiger partial charge in [0.2, 0.25) is 5.88 Å². The summed E-state index contributed by atoms with van der Waals surface area (Å²) in [6.45, 7) is 4.59. The summed E-state index contributed by atoms with van der Waals surface area (Å²) in [6, 6.07) is 9.07. The van der Waals surface area contributed by atoms with E-state index in [1.54, 1.807) is 25.3 Å². The molecule has 0 atom stereocenters. The molecule has 1 fully saturated rings. The van der Waals surface area contributed by atoms with Crippen LogP contribution in [-0.2, 0) is 4.74 Å². The molecule has 1 aromatic heterocycles. The van der Waals surface area contributed by atoms with Crippen LogP contribution >= 0.6 is 15.9 Å². The number of rotatable bonds is 4. The Balaban J connectivity index is 1.73. The first-order valence-electron chi connectivity index (χ1n) is 7.40. The first kappa shape index (κ1) is 16.0. The van der Waals surface area contributed by atoms with Crippen molar-refractivity contribution in [1.29, 1.82) is 0 Å². The highest BCUT2D eigenvalue weighted by Gasteiger charge is 2.18. The van der Waals surface area contributed by atoms with Crippen molar-refractivity contribution in [2.75, 3.05) is 31.2 Å². The molecule has 2 heterocycles.